The molecule has 0 aromatic carbocycles. The average Bonchev–Trinajstić information content (AvgIpc) is 2.66. The number of aryl methyl sites for hydroxylation is 1. The predicted molar refractivity (Wildman–Crippen MR) is 88.6 cm³/mol. The lowest BCUT2D eigenvalue weighted by Crippen LogP contribution is -2.39. The highest BCUT2D eigenvalue weighted by Gasteiger charge is 2.25. The molecule has 0 aliphatic carbocycles. The van der Waals surface area contributed by atoms with E-state index in [2.05, 4.69) is 9.88 Å². The van der Waals surface area contributed by atoms with Crippen LogP contribution in [-0.4, -0.2) is 47.8 Å². The molecular weight excluding hydrogens is 302 g/mol. The summed E-state index contributed by atoms with van der Waals surface area (Å²) < 4.78 is 5.45. The minimum atomic E-state index is -0.464. The second-order valence-electron chi connectivity index (χ2n) is 6.54. The third-order valence-electron chi connectivity index (χ3n) is 3.53. The Labute approximate surface area is 137 Å². The maximum Gasteiger partial charge on any atom is 0.410 e. The normalized spacial score (nSPS) is 16.4. The molecule has 1 fully saturated rings. The van der Waals surface area contributed by atoms with E-state index in [1.54, 1.807) is 11.1 Å². The number of ether oxygens (including phenoxy) is 1. The van der Waals surface area contributed by atoms with Crippen LogP contribution in [0.4, 0.5) is 10.5 Å². The average molecular weight is 326 g/mol. The summed E-state index contributed by atoms with van der Waals surface area (Å²) in [4.78, 5) is 20.4. The molecule has 0 radical (unpaired) electrons. The zero-order chi connectivity index (χ0) is 16.3. The van der Waals surface area contributed by atoms with Crippen molar-refractivity contribution in [2.45, 2.75) is 39.7 Å². The number of rotatable bonds is 1. The molecule has 1 aliphatic heterocycles. The van der Waals surface area contributed by atoms with Crippen molar-refractivity contribution < 1.29 is 9.53 Å². The number of anilines is 1. The van der Waals surface area contributed by atoms with E-state index in [1.807, 2.05) is 33.8 Å². The lowest BCUT2D eigenvalue weighted by molar-refractivity contribution is 0.0263. The minimum Gasteiger partial charge on any atom is -0.444 e. The topological polar surface area (TPSA) is 45.7 Å². The molecule has 122 valence electrons. The molecule has 1 aromatic rings. The standard InChI is InChI=1S/C16H24ClN3O2/c1-12-14(17)13(6-7-18-12)19-8-5-9-20(11-10-19)15(21)22-16(2,3)4/h6-7H,5,8-11H2,1-4H3. The molecule has 0 unspecified atom stereocenters. The molecule has 22 heavy (non-hydrogen) atoms. The Kier molecular flexibility index (Phi) is 5.16. The van der Waals surface area contributed by atoms with Gasteiger partial charge in [0.2, 0.25) is 0 Å². The molecule has 6 heteroatoms. The number of halogens is 1. The summed E-state index contributed by atoms with van der Waals surface area (Å²) in [5.41, 5.74) is 1.35. The van der Waals surface area contributed by atoms with Gasteiger partial charge in [-0.1, -0.05) is 11.6 Å². The van der Waals surface area contributed by atoms with Crippen molar-refractivity contribution in [1.82, 2.24) is 9.88 Å². The molecular formula is C16H24ClN3O2. The van der Waals surface area contributed by atoms with Crippen molar-refractivity contribution in [2.24, 2.45) is 0 Å². The monoisotopic (exact) mass is 325 g/mol. The summed E-state index contributed by atoms with van der Waals surface area (Å²) in [6.07, 6.45) is 2.41. The van der Waals surface area contributed by atoms with E-state index in [0.717, 1.165) is 30.9 Å². The van der Waals surface area contributed by atoms with Crippen LogP contribution in [0.25, 0.3) is 0 Å². The molecule has 0 atom stereocenters. The number of hydrogen-bond acceptors (Lipinski definition) is 4. The Morgan fingerprint density at radius 1 is 1.27 bits per heavy atom. The Hall–Kier alpha value is -1.49. The second kappa shape index (κ2) is 6.73. The van der Waals surface area contributed by atoms with Gasteiger partial charge in [0.1, 0.15) is 5.60 Å². The van der Waals surface area contributed by atoms with E-state index in [-0.39, 0.29) is 6.09 Å². The van der Waals surface area contributed by atoms with Gasteiger partial charge < -0.3 is 14.5 Å². The smallest absolute Gasteiger partial charge is 0.410 e. The highest BCUT2D eigenvalue weighted by molar-refractivity contribution is 6.33. The van der Waals surface area contributed by atoms with Gasteiger partial charge in [-0.2, -0.15) is 0 Å². The van der Waals surface area contributed by atoms with E-state index < -0.39 is 5.60 Å². The van der Waals surface area contributed by atoms with Crippen LogP contribution in [0.2, 0.25) is 5.02 Å². The number of aromatic nitrogens is 1. The number of carbonyl (C=O) groups is 1. The second-order valence-corrected chi connectivity index (χ2v) is 6.92. The van der Waals surface area contributed by atoms with E-state index in [9.17, 15) is 4.79 Å². The third kappa shape index (κ3) is 4.26. The van der Waals surface area contributed by atoms with Crippen LogP contribution in [-0.2, 0) is 4.74 Å². The maximum atomic E-state index is 12.2. The van der Waals surface area contributed by atoms with Crippen LogP contribution in [0, 0.1) is 6.92 Å². The van der Waals surface area contributed by atoms with Gasteiger partial charge in [0.25, 0.3) is 0 Å². The van der Waals surface area contributed by atoms with Crippen LogP contribution >= 0.6 is 11.6 Å². The van der Waals surface area contributed by atoms with Crippen molar-refractivity contribution in [3.05, 3.63) is 23.0 Å². The lowest BCUT2D eigenvalue weighted by atomic mass is 10.2. The van der Waals surface area contributed by atoms with Crippen molar-refractivity contribution in [3.8, 4) is 0 Å². The van der Waals surface area contributed by atoms with Crippen molar-refractivity contribution in [1.29, 1.82) is 0 Å². The fourth-order valence-electron chi connectivity index (χ4n) is 2.45. The van der Waals surface area contributed by atoms with Crippen LogP contribution < -0.4 is 4.90 Å². The Morgan fingerprint density at radius 2 is 2.00 bits per heavy atom. The predicted octanol–water partition coefficient (Wildman–Crippen LogP) is 3.49. The van der Waals surface area contributed by atoms with Gasteiger partial charge in [-0.25, -0.2) is 4.79 Å². The Morgan fingerprint density at radius 3 is 2.68 bits per heavy atom. The molecule has 0 saturated carbocycles. The first-order chi connectivity index (χ1) is 10.3. The summed E-state index contributed by atoms with van der Waals surface area (Å²) in [6.45, 7) is 10.5. The van der Waals surface area contributed by atoms with Crippen molar-refractivity contribution in [3.63, 3.8) is 0 Å². The fourth-order valence-corrected chi connectivity index (χ4v) is 2.68. The summed E-state index contributed by atoms with van der Waals surface area (Å²) >= 11 is 6.36. The van der Waals surface area contributed by atoms with E-state index >= 15 is 0 Å². The SMILES string of the molecule is Cc1nccc(N2CCCN(C(=O)OC(C)(C)C)CC2)c1Cl. The maximum absolute atomic E-state index is 12.2. The molecule has 2 heterocycles. The number of pyridine rings is 1. The highest BCUT2D eigenvalue weighted by Crippen LogP contribution is 2.28. The van der Waals surface area contributed by atoms with Gasteiger partial charge >= 0.3 is 6.09 Å². The zero-order valence-electron chi connectivity index (χ0n) is 13.7. The molecule has 0 N–H and O–H groups in total. The van der Waals surface area contributed by atoms with E-state index in [0.29, 0.717) is 18.1 Å². The largest absolute Gasteiger partial charge is 0.444 e. The Balaban J connectivity index is 2.04. The first kappa shape index (κ1) is 16.9. The molecule has 1 aliphatic rings. The lowest BCUT2D eigenvalue weighted by Gasteiger charge is -2.27. The van der Waals surface area contributed by atoms with Gasteiger partial charge in [-0.15, -0.1) is 0 Å². The van der Waals surface area contributed by atoms with Crippen molar-refractivity contribution in [2.75, 3.05) is 31.1 Å². The number of hydrogen-bond donors (Lipinski definition) is 0. The number of amides is 1. The van der Waals surface area contributed by atoms with Gasteiger partial charge in [0, 0.05) is 32.4 Å². The first-order valence-electron chi connectivity index (χ1n) is 7.62. The van der Waals surface area contributed by atoms with Gasteiger partial charge in [-0.3, -0.25) is 4.98 Å². The van der Waals surface area contributed by atoms with Crippen LogP contribution in [0.5, 0.6) is 0 Å². The van der Waals surface area contributed by atoms with Gasteiger partial charge in [-0.05, 0) is 40.2 Å². The third-order valence-corrected chi connectivity index (χ3v) is 4.00. The Bertz CT molecular complexity index is 543. The molecule has 1 amide bonds. The first-order valence-corrected chi connectivity index (χ1v) is 8.00. The minimum absolute atomic E-state index is 0.244. The quantitative estimate of drug-likeness (QED) is 0.793. The van der Waals surface area contributed by atoms with E-state index in [1.165, 1.54) is 0 Å². The van der Waals surface area contributed by atoms with Crippen LogP contribution in [0.1, 0.15) is 32.9 Å². The summed E-state index contributed by atoms with van der Waals surface area (Å²) in [5, 5.41) is 0.688. The molecule has 1 aromatic heterocycles. The molecule has 0 bridgehead atoms. The number of carbonyl (C=O) groups excluding carboxylic acids is 1. The summed E-state index contributed by atoms with van der Waals surface area (Å²) in [5.74, 6) is 0. The van der Waals surface area contributed by atoms with Crippen molar-refractivity contribution >= 4 is 23.4 Å². The molecule has 0 spiro atoms. The van der Waals surface area contributed by atoms with E-state index in [4.69, 9.17) is 16.3 Å². The fraction of sp³-hybridized carbons (Fsp3) is 0.625. The molecule has 2 rings (SSSR count). The molecule has 1 saturated heterocycles. The molecule has 5 nitrogen and oxygen atoms in total. The zero-order valence-corrected chi connectivity index (χ0v) is 14.5. The highest BCUT2D eigenvalue weighted by atomic mass is 35.5. The number of nitrogens with zero attached hydrogens (tertiary/aromatic N) is 3. The summed E-state index contributed by atoms with van der Waals surface area (Å²) in [6, 6.07) is 1.93. The van der Waals surface area contributed by atoms with Gasteiger partial charge in [0.15, 0.2) is 0 Å². The van der Waals surface area contributed by atoms with Crippen LogP contribution in [0.15, 0.2) is 12.3 Å². The van der Waals surface area contributed by atoms with Gasteiger partial charge in [0.05, 0.1) is 16.4 Å². The van der Waals surface area contributed by atoms with Crippen LogP contribution in [0.3, 0.4) is 0 Å². The summed E-state index contributed by atoms with van der Waals surface area (Å²) in [7, 11) is 0.